The van der Waals surface area contributed by atoms with Gasteiger partial charge in [-0.25, -0.2) is 0 Å². The lowest BCUT2D eigenvalue weighted by Gasteiger charge is -2.72. The van der Waals surface area contributed by atoms with Gasteiger partial charge < -0.3 is 10.2 Å². The molecule has 0 aliphatic heterocycles. The van der Waals surface area contributed by atoms with Crippen LogP contribution in [-0.2, 0) is 4.79 Å². The van der Waals surface area contributed by atoms with Crippen molar-refractivity contribution in [2.75, 3.05) is 0 Å². The van der Waals surface area contributed by atoms with Gasteiger partial charge in [-0.2, -0.15) is 0 Å². The van der Waals surface area contributed by atoms with Crippen molar-refractivity contribution in [3.63, 3.8) is 0 Å². The SMILES string of the molecule is C=C.CC.CC1(C)C(O)CCC2(C)C1CC[C@]1(C)C2CCC2C3CCCC3(C(=O)O)CC[C@]21C. The zero-order valence-electron chi connectivity index (χ0n) is 23.4. The lowest BCUT2D eigenvalue weighted by molar-refractivity contribution is -0.246. The number of carbonyl (C=O) groups is 1. The summed E-state index contributed by atoms with van der Waals surface area (Å²) in [6.07, 6.45) is 12.0. The van der Waals surface area contributed by atoms with Crippen LogP contribution in [0.3, 0.4) is 0 Å². The molecular formula is C31H54O3. The maximum absolute atomic E-state index is 12.4. The summed E-state index contributed by atoms with van der Waals surface area (Å²) in [6.45, 7) is 22.4. The van der Waals surface area contributed by atoms with Crippen LogP contribution in [0.15, 0.2) is 13.2 Å². The van der Waals surface area contributed by atoms with E-state index in [1.54, 1.807) is 0 Å². The molecule has 0 spiro atoms. The first-order valence-electron chi connectivity index (χ1n) is 14.3. The second kappa shape index (κ2) is 9.24. The molecule has 9 atom stereocenters. The zero-order valence-corrected chi connectivity index (χ0v) is 23.4. The Morgan fingerprint density at radius 3 is 2.00 bits per heavy atom. The number of aliphatic hydroxyl groups is 1. The number of carboxylic acid groups (broad SMARTS) is 1. The first-order valence-corrected chi connectivity index (χ1v) is 14.3. The Kier molecular flexibility index (Phi) is 7.54. The van der Waals surface area contributed by atoms with Gasteiger partial charge in [-0.3, -0.25) is 4.79 Å². The van der Waals surface area contributed by atoms with Crippen LogP contribution in [0.5, 0.6) is 0 Å². The first kappa shape index (κ1) is 27.8. The molecule has 5 saturated carbocycles. The zero-order chi connectivity index (χ0) is 25.7. The third kappa shape index (κ3) is 3.41. The highest BCUT2D eigenvalue weighted by Gasteiger charge is 2.70. The highest BCUT2D eigenvalue weighted by Crippen LogP contribution is 2.76. The van der Waals surface area contributed by atoms with Crippen LogP contribution in [-0.4, -0.2) is 22.3 Å². The largest absolute Gasteiger partial charge is 0.481 e. The second-order valence-electron chi connectivity index (χ2n) is 13.5. The van der Waals surface area contributed by atoms with E-state index in [4.69, 9.17) is 0 Å². The van der Waals surface area contributed by atoms with E-state index in [2.05, 4.69) is 47.8 Å². The Bertz CT molecular complexity index is 760. The standard InChI is InChI=1S/C27H44O3.C2H6.C2H4/c1-23(2)19-10-14-26(5)20(24(19,3)13-11-21(23)28)9-8-17-18-7-6-12-27(18,22(29)30)16-15-25(17,26)4;2*1-2/h17-21,28H,6-16H2,1-5H3,(H,29,30);1-2H3;1-2H2/t17?,18?,19?,20?,21?,24?,25-,26-,27?;;/m1../s1. The minimum atomic E-state index is -0.502. The minimum Gasteiger partial charge on any atom is -0.481 e. The van der Waals surface area contributed by atoms with E-state index >= 15 is 0 Å². The van der Waals surface area contributed by atoms with Crippen molar-refractivity contribution in [3.8, 4) is 0 Å². The predicted molar refractivity (Wildman–Crippen MR) is 142 cm³/mol. The number of aliphatic carboxylic acids is 1. The monoisotopic (exact) mass is 474 g/mol. The maximum atomic E-state index is 12.4. The van der Waals surface area contributed by atoms with Crippen LogP contribution >= 0.6 is 0 Å². The molecule has 0 bridgehead atoms. The molecule has 3 heteroatoms. The molecule has 5 aliphatic rings. The molecule has 34 heavy (non-hydrogen) atoms. The normalized spacial score (nSPS) is 50.5. The van der Waals surface area contributed by atoms with Crippen LogP contribution in [0.4, 0.5) is 0 Å². The molecule has 0 aromatic rings. The summed E-state index contributed by atoms with van der Waals surface area (Å²) in [5.41, 5.74) is 0.444. The molecule has 0 saturated heterocycles. The summed E-state index contributed by atoms with van der Waals surface area (Å²) in [4.78, 5) is 12.4. The minimum absolute atomic E-state index is 0.00254. The van der Waals surface area contributed by atoms with Crippen molar-refractivity contribution in [1.82, 2.24) is 0 Å². The molecule has 3 nitrogen and oxygen atoms in total. The van der Waals surface area contributed by atoms with E-state index in [9.17, 15) is 15.0 Å². The van der Waals surface area contributed by atoms with Crippen LogP contribution in [0.25, 0.3) is 0 Å². The van der Waals surface area contributed by atoms with Crippen molar-refractivity contribution >= 4 is 5.97 Å². The van der Waals surface area contributed by atoms with Gasteiger partial charge in [0.2, 0.25) is 0 Å². The van der Waals surface area contributed by atoms with E-state index in [-0.39, 0.29) is 16.9 Å². The Labute approximate surface area is 210 Å². The molecule has 5 aliphatic carbocycles. The molecule has 0 radical (unpaired) electrons. The third-order valence-corrected chi connectivity index (χ3v) is 12.8. The lowest BCUT2D eigenvalue weighted by Crippen LogP contribution is -2.66. The molecule has 5 fully saturated rings. The molecule has 196 valence electrons. The molecule has 0 heterocycles. The van der Waals surface area contributed by atoms with Gasteiger partial charge in [-0.05, 0) is 110 Å². The molecule has 0 aromatic carbocycles. The summed E-state index contributed by atoms with van der Waals surface area (Å²) in [6, 6.07) is 0. The van der Waals surface area contributed by atoms with Crippen molar-refractivity contribution in [2.24, 2.45) is 50.7 Å². The van der Waals surface area contributed by atoms with Gasteiger partial charge in [-0.1, -0.05) is 54.9 Å². The number of fused-ring (bicyclic) bond motifs is 7. The van der Waals surface area contributed by atoms with Gasteiger partial charge in [0.05, 0.1) is 11.5 Å². The van der Waals surface area contributed by atoms with E-state index in [1.807, 2.05) is 13.8 Å². The Hall–Kier alpha value is -0.830. The molecule has 0 amide bonds. The van der Waals surface area contributed by atoms with Gasteiger partial charge in [0.25, 0.3) is 0 Å². The van der Waals surface area contributed by atoms with Crippen molar-refractivity contribution in [2.45, 2.75) is 125 Å². The van der Waals surface area contributed by atoms with E-state index < -0.39 is 11.4 Å². The van der Waals surface area contributed by atoms with Crippen LogP contribution < -0.4 is 0 Å². The van der Waals surface area contributed by atoms with Crippen molar-refractivity contribution in [1.29, 1.82) is 0 Å². The summed E-state index contributed by atoms with van der Waals surface area (Å²) in [5, 5.41) is 21.0. The van der Waals surface area contributed by atoms with Crippen molar-refractivity contribution in [3.05, 3.63) is 13.2 Å². The Morgan fingerprint density at radius 2 is 1.38 bits per heavy atom. The molecular weight excluding hydrogens is 420 g/mol. The molecule has 7 unspecified atom stereocenters. The van der Waals surface area contributed by atoms with E-state index in [1.165, 1.54) is 25.7 Å². The van der Waals surface area contributed by atoms with Crippen LogP contribution in [0.2, 0.25) is 0 Å². The maximum Gasteiger partial charge on any atom is 0.309 e. The fourth-order valence-electron chi connectivity index (χ4n) is 10.9. The van der Waals surface area contributed by atoms with Gasteiger partial charge in [0.15, 0.2) is 0 Å². The van der Waals surface area contributed by atoms with Crippen LogP contribution in [0, 0.1) is 50.7 Å². The summed E-state index contributed by atoms with van der Waals surface area (Å²) < 4.78 is 0. The molecule has 0 aromatic heterocycles. The highest BCUT2D eigenvalue weighted by atomic mass is 16.4. The van der Waals surface area contributed by atoms with E-state index in [0.29, 0.717) is 34.5 Å². The fraction of sp³-hybridized carbons (Fsp3) is 0.903. The molecule has 5 rings (SSSR count). The Balaban J connectivity index is 0.000000771. The molecule has 2 N–H and O–H groups in total. The number of hydrogen-bond acceptors (Lipinski definition) is 2. The quantitative estimate of drug-likeness (QED) is 0.377. The first-order chi connectivity index (χ1) is 15.9. The number of aliphatic hydroxyl groups excluding tert-OH is 1. The van der Waals surface area contributed by atoms with Gasteiger partial charge in [0.1, 0.15) is 0 Å². The number of rotatable bonds is 1. The summed E-state index contributed by atoms with van der Waals surface area (Å²) in [7, 11) is 0. The van der Waals surface area contributed by atoms with Gasteiger partial charge in [0, 0.05) is 0 Å². The lowest BCUT2D eigenvalue weighted by atomic mass is 9.32. The average Bonchev–Trinajstić information content (AvgIpc) is 3.25. The van der Waals surface area contributed by atoms with Gasteiger partial charge >= 0.3 is 5.97 Å². The second-order valence-corrected chi connectivity index (χ2v) is 13.5. The summed E-state index contributed by atoms with van der Waals surface area (Å²) in [5.74, 6) is 1.77. The third-order valence-electron chi connectivity index (χ3n) is 12.8. The average molecular weight is 475 g/mol. The highest BCUT2D eigenvalue weighted by molar-refractivity contribution is 5.76. The Morgan fingerprint density at radius 1 is 0.735 bits per heavy atom. The van der Waals surface area contributed by atoms with Crippen molar-refractivity contribution < 1.29 is 15.0 Å². The van der Waals surface area contributed by atoms with Crippen LogP contribution in [0.1, 0.15) is 119 Å². The smallest absolute Gasteiger partial charge is 0.309 e. The number of hydrogen-bond donors (Lipinski definition) is 2. The summed E-state index contributed by atoms with van der Waals surface area (Å²) >= 11 is 0. The number of carboxylic acids is 1. The topological polar surface area (TPSA) is 57.5 Å². The van der Waals surface area contributed by atoms with Gasteiger partial charge in [-0.15, -0.1) is 13.2 Å². The van der Waals surface area contributed by atoms with E-state index in [0.717, 1.165) is 44.9 Å². The predicted octanol–water partition coefficient (Wildman–Crippen LogP) is 8.12. The fourth-order valence-corrected chi connectivity index (χ4v) is 10.9.